The maximum atomic E-state index is 12.3. The molecule has 1 amide bonds. The lowest BCUT2D eigenvalue weighted by Crippen LogP contribution is -2.53. The van der Waals surface area contributed by atoms with E-state index in [-0.39, 0.29) is 17.7 Å². The minimum Gasteiger partial charge on any atom is -0.481 e. The maximum absolute atomic E-state index is 12.3. The fraction of sp³-hybridized carbons (Fsp3) is 0.429. The highest BCUT2D eigenvalue weighted by Gasteiger charge is 2.37. The molecule has 1 atom stereocenters. The van der Waals surface area contributed by atoms with Crippen molar-refractivity contribution in [3.05, 3.63) is 29.8 Å². The molecule has 0 bridgehead atoms. The summed E-state index contributed by atoms with van der Waals surface area (Å²) in [6.07, 6.45) is 1.94. The van der Waals surface area contributed by atoms with Crippen LogP contribution in [-0.4, -0.2) is 41.2 Å². The average molecular weight is 279 g/mol. The molecule has 0 aliphatic carbocycles. The number of hydrogen-bond acceptors (Lipinski definition) is 3. The SMILES string of the molecule is CSc1ccccc1C(=O)N1CC(C(C)C(=O)O)C1. The predicted molar refractivity (Wildman–Crippen MR) is 74.4 cm³/mol. The van der Waals surface area contributed by atoms with Crippen molar-refractivity contribution < 1.29 is 14.7 Å². The van der Waals surface area contributed by atoms with E-state index in [2.05, 4.69) is 0 Å². The molecule has 5 heteroatoms. The predicted octanol–water partition coefficient (Wildman–Crippen LogP) is 2.20. The molecule has 4 nitrogen and oxygen atoms in total. The van der Waals surface area contributed by atoms with Gasteiger partial charge in [0, 0.05) is 23.9 Å². The normalized spacial score (nSPS) is 16.8. The first kappa shape index (κ1) is 13.9. The smallest absolute Gasteiger partial charge is 0.306 e. The van der Waals surface area contributed by atoms with Crippen LogP contribution in [-0.2, 0) is 4.79 Å². The van der Waals surface area contributed by atoms with Crippen molar-refractivity contribution in [2.24, 2.45) is 11.8 Å². The van der Waals surface area contributed by atoms with Gasteiger partial charge in [-0.1, -0.05) is 19.1 Å². The van der Waals surface area contributed by atoms with Crippen molar-refractivity contribution >= 4 is 23.6 Å². The summed E-state index contributed by atoms with van der Waals surface area (Å²) in [5.74, 6) is -1.11. The van der Waals surface area contributed by atoms with Crippen LogP contribution in [0, 0.1) is 11.8 Å². The first-order valence-corrected chi connectivity index (χ1v) is 7.42. The molecule has 1 saturated heterocycles. The Balaban J connectivity index is 2.02. The third kappa shape index (κ3) is 2.76. The highest BCUT2D eigenvalue weighted by atomic mass is 32.2. The maximum Gasteiger partial charge on any atom is 0.306 e. The van der Waals surface area contributed by atoms with Crippen LogP contribution in [0.25, 0.3) is 0 Å². The molecule has 1 aromatic rings. The molecule has 2 rings (SSSR count). The van der Waals surface area contributed by atoms with Crippen LogP contribution in [0.2, 0.25) is 0 Å². The molecular weight excluding hydrogens is 262 g/mol. The van der Waals surface area contributed by atoms with Gasteiger partial charge in [-0.05, 0) is 18.4 Å². The van der Waals surface area contributed by atoms with E-state index in [0.717, 1.165) is 4.90 Å². The minimum atomic E-state index is -0.790. The summed E-state index contributed by atoms with van der Waals surface area (Å²) in [6.45, 7) is 2.77. The second-order valence-corrected chi connectivity index (χ2v) is 5.65. The standard InChI is InChI=1S/C14H17NO3S/c1-9(14(17)18)10-7-15(8-10)13(16)11-5-3-4-6-12(11)19-2/h3-6,9-10H,7-8H2,1-2H3,(H,17,18). The Morgan fingerprint density at radius 2 is 2.00 bits per heavy atom. The number of thioether (sulfide) groups is 1. The van der Waals surface area contributed by atoms with E-state index in [1.807, 2.05) is 30.5 Å². The fourth-order valence-electron chi connectivity index (χ4n) is 2.19. The number of likely N-dealkylation sites (tertiary alicyclic amines) is 1. The quantitative estimate of drug-likeness (QED) is 0.858. The number of benzene rings is 1. The lowest BCUT2D eigenvalue weighted by Gasteiger charge is -2.41. The van der Waals surface area contributed by atoms with Crippen molar-refractivity contribution in [3.8, 4) is 0 Å². The number of amides is 1. The Bertz CT molecular complexity index is 497. The zero-order valence-corrected chi connectivity index (χ0v) is 11.8. The van der Waals surface area contributed by atoms with Crippen molar-refractivity contribution in [2.75, 3.05) is 19.3 Å². The summed E-state index contributed by atoms with van der Waals surface area (Å²) in [4.78, 5) is 25.9. The molecule has 1 unspecified atom stereocenters. The van der Waals surface area contributed by atoms with E-state index in [4.69, 9.17) is 5.11 Å². The van der Waals surface area contributed by atoms with E-state index in [1.165, 1.54) is 0 Å². The zero-order chi connectivity index (χ0) is 14.0. The molecule has 1 aromatic carbocycles. The summed E-state index contributed by atoms with van der Waals surface area (Å²) in [5.41, 5.74) is 0.705. The van der Waals surface area contributed by atoms with Crippen molar-refractivity contribution in [3.63, 3.8) is 0 Å². The minimum absolute atomic E-state index is 0.00112. The van der Waals surface area contributed by atoms with Gasteiger partial charge in [0.05, 0.1) is 11.5 Å². The van der Waals surface area contributed by atoms with Crippen LogP contribution in [0.1, 0.15) is 17.3 Å². The molecule has 0 saturated carbocycles. The van der Waals surface area contributed by atoms with Crippen molar-refractivity contribution in [1.82, 2.24) is 4.90 Å². The zero-order valence-electron chi connectivity index (χ0n) is 11.0. The van der Waals surface area contributed by atoms with Crippen molar-refractivity contribution in [2.45, 2.75) is 11.8 Å². The van der Waals surface area contributed by atoms with Crippen LogP contribution in [0.5, 0.6) is 0 Å². The molecule has 102 valence electrons. The summed E-state index contributed by atoms with van der Waals surface area (Å²) in [7, 11) is 0. The Kier molecular flexibility index (Phi) is 4.14. The van der Waals surface area contributed by atoms with Gasteiger partial charge in [0.1, 0.15) is 0 Å². The topological polar surface area (TPSA) is 57.6 Å². The molecule has 1 aliphatic rings. The van der Waals surface area contributed by atoms with E-state index in [0.29, 0.717) is 18.7 Å². The third-order valence-electron chi connectivity index (χ3n) is 3.63. The van der Waals surface area contributed by atoms with E-state index >= 15 is 0 Å². The first-order chi connectivity index (χ1) is 9.04. The van der Waals surface area contributed by atoms with E-state index in [9.17, 15) is 9.59 Å². The van der Waals surface area contributed by atoms with E-state index < -0.39 is 5.97 Å². The molecule has 1 heterocycles. The highest BCUT2D eigenvalue weighted by Crippen LogP contribution is 2.28. The van der Waals surface area contributed by atoms with E-state index in [1.54, 1.807) is 23.6 Å². The molecule has 19 heavy (non-hydrogen) atoms. The lowest BCUT2D eigenvalue weighted by molar-refractivity contribution is -0.144. The van der Waals surface area contributed by atoms with Crippen LogP contribution in [0.4, 0.5) is 0 Å². The number of nitrogens with zero attached hydrogens (tertiary/aromatic N) is 1. The van der Waals surface area contributed by atoms with Gasteiger partial charge in [-0.3, -0.25) is 9.59 Å². The van der Waals surface area contributed by atoms with Gasteiger partial charge in [-0.25, -0.2) is 0 Å². The number of carboxylic acid groups (broad SMARTS) is 1. The molecule has 1 N–H and O–H groups in total. The van der Waals surface area contributed by atoms with Crippen LogP contribution in [0.3, 0.4) is 0 Å². The Hall–Kier alpha value is -1.49. The average Bonchev–Trinajstić information content (AvgIpc) is 2.36. The number of carboxylic acids is 1. The van der Waals surface area contributed by atoms with Crippen LogP contribution >= 0.6 is 11.8 Å². The van der Waals surface area contributed by atoms with Gasteiger partial charge in [0.25, 0.3) is 5.91 Å². The number of carbonyl (C=O) groups excluding carboxylic acids is 1. The second kappa shape index (κ2) is 5.65. The van der Waals surface area contributed by atoms with Gasteiger partial charge in [0.2, 0.25) is 0 Å². The molecule has 1 aliphatic heterocycles. The lowest BCUT2D eigenvalue weighted by atomic mass is 9.86. The molecule has 1 fully saturated rings. The van der Waals surface area contributed by atoms with Gasteiger partial charge in [-0.2, -0.15) is 0 Å². The van der Waals surface area contributed by atoms with Gasteiger partial charge in [0.15, 0.2) is 0 Å². The van der Waals surface area contributed by atoms with Crippen LogP contribution in [0.15, 0.2) is 29.2 Å². The fourth-order valence-corrected chi connectivity index (χ4v) is 2.78. The number of aliphatic carboxylic acids is 1. The van der Waals surface area contributed by atoms with Crippen LogP contribution < -0.4 is 0 Å². The monoisotopic (exact) mass is 279 g/mol. The summed E-state index contributed by atoms with van der Waals surface area (Å²) < 4.78 is 0. The Morgan fingerprint density at radius 1 is 1.37 bits per heavy atom. The Labute approximate surface area is 116 Å². The highest BCUT2D eigenvalue weighted by molar-refractivity contribution is 7.98. The summed E-state index contributed by atoms with van der Waals surface area (Å²) in [5, 5.41) is 8.93. The number of carbonyl (C=O) groups is 2. The third-order valence-corrected chi connectivity index (χ3v) is 4.43. The summed E-state index contributed by atoms with van der Waals surface area (Å²) >= 11 is 1.55. The molecular formula is C14H17NO3S. The molecule has 0 spiro atoms. The summed E-state index contributed by atoms with van der Waals surface area (Å²) in [6, 6.07) is 7.51. The second-order valence-electron chi connectivity index (χ2n) is 4.80. The largest absolute Gasteiger partial charge is 0.481 e. The Morgan fingerprint density at radius 3 is 2.58 bits per heavy atom. The number of rotatable bonds is 4. The molecule has 0 aromatic heterocycles. The van der Waals surface area contributed by atoms with Crippen molar-refractivity contribution in [1.29, 1.82) is 0 Å². The number of hydrogen-bond donors (Lipinski definition) is 1. The molecule has 0 radical (unpaired) electrons. The van der Waals surface area contributed by atoms with Gasteiger partial charge in [-0.15, -0.1) is 11.8 Å². The van der Waals surface area contributed by atoms with Gasteiger partial charge >= 0.3 is 5.97 Å². The first-order valence-electron chi connectivity index (χ1n) is 6.19. The van der Waals surface area contributed by atoms with Gasteiger partial charge < -0.3 is 10.0 Å².